The molecule has 1 aliphatic heterocycles. The Morgan fingerprint density at radius 2 is 0.870 bits per heavy atom. The third kappa shape index (κ3) is 32.7. The van der Waals surface area contributed by atoms with Crippen molar-refractivity contribution in [2.45, 2.75) is 192 Å². The summed E-state index contributed by atoms with van der Waals surface area (Å²) in [6.45, 7) is 11.7. The quantitative estimate of drug-likeness (QED) is 0.0367. The van der Waals surface area contributed by atoms with Crippen LogP contribution >= 0.6 is 11.8 Å². The number of aliphatic carboxylic acids is 1. The Bertz CT molecular complexity index is 5040. The average molecular weight is 1830 g/mol. The number of likely N-dealkylation sites (N-methyl/N-ethyl adjacent to an activating group) is 2. The third-order valence-electron chi connectivity index (χ3n) is 21.5. The van der Waals surface area contributed by atoms with Crippen LogP contribution in [-0.4, -0.2) is 260 Å². The van der Waals surface area contributed by atoms with E-state index in [-0.39, 0.29) is 43.8 Å². The van der Waals surface area contributed by atoms with Crippen molar-refractivity contribution >= 4 is 129 Å². The number of phenolic OH excluding ortho intramolecular Hbond substituents is 1. The van der Waals surface area contributed by atoms with Crippen molar-refractivity contribution in [3.05, 3.63) is 162 Å². The zero-order valence-electron chi connectivity index (χ0n) is 74.9. The van der Waals surface area contributed by atoms with Gasteiger partial charge in [0.15, 0.2) is 0 Å². The average Bonchev–Trinajstić information content (AvgIpc) is 1.81. The van der Waals surface area contributed by atoms with Gasteiger partial charge in [0.1, 0.15) is 84.3 Å². The largest absolute Gasteiger partial charge is 0.508 e. The highest BCUT2D eigenvalue weighted by Crippen LogP contribution is 2.24. The summed E-state index contributed by atoms with van der Waals surface area (Å²) in [5, 5.41) is 65.1. The van der Waals surface area contributed by atoms with Gasteiger partial charge in [-0.1, -0.05) is 171 Å². The molecule has 1 unspecified atom stereocenters. The van der Waals surface area contributed by atoms with Crippen LogP contribution in [0, 0.1) is 23.7 Å². The molecule has 40 heteroatoms. The molecule has 21 N–H and O–H groups in total. The number of thioether (sulfide) groups is 1. The van der Waals surface area contributed by atoms with E-state index in [1.165, 1.54) is 59.1 Å². The van der Waals surface area contributed by atoms with Crippen molar-refractivity contribution in [1.29, 1.82) is 0 Å². The number of carboxylic acid groups (broad SMARTS) is 1. The van der Waals surface area contributed by atoms with Gasteiger partial charge in [-0.15, -0.1) is 11.8 Å². The number of carboxylic acids is 1. The summed E-state index contributed by atoms with van der Waals surface area (Å²) in [6, 6.07) is 15.4. The maximum atomic E-state index is 15.4. The number of H-pyrrole nitrogens is 1. The number of aromatic nitrogens is 1. The molecule has 7 rings (SSSR count). The van der Waals surface area contributed by atoms with Gasteiger partial charge >= 0.3 is 5.97 Å². The molecule has 5 aromatic carbocycles. The van der Waals surface area contributed by atoms with E-state index < -0.39 is 253 Å². The number of aromatic amines is 1. The first-order valence-electron chi connectivity index (χ1n) is 42.9. The number of hydrogen-bond acceptors (Lipinski definition) is 21. The maximum absolute atomic E-state index is 15.4. The van der Waals surface area contributed by atoms with Crippen molar-refractivity contribution < 1.29 is 102 Å². The lowest BCUT2D eigenvalue weighted by molar-refractivity contribution is -0.147. The van der Waals surface area contributed by atoms with Gasteiger partial charge in [-0.25, -0.2) is 0 Å². The third-order valence-corrected chi connectivity index (χ3v) is 22.5. The predicted octanol–water partition coefficient (Wildman–Crippen LogP) is -0.971. The molecule has 17 amide bonds. The number of primary amides is 2. The van der Waals surface area contributed by atoms with Gasteiger partial charge in [-0.3, -0.25) is 86.3 Å². The second-order valence-electron chi connectivity index (χ2n) is 33.8. The van der Waals surface area contributed by atoms with Crippen LogP contribution in [0.25, 0.3) is 22.0 Å². The van der Waals surface area contributed by atoms with Crippen molar-refractivity contribution in [2.75, 3.05) is 45.3 Å². The highest BCUT2D eigenvalue weighted by atomic mass is 32.2. The summed E-state index contributed by atoms with van der Waals surface area (Å²) >= 11 is 0.701. The number of carbonyl (C=O) groups excluding carboxylic acids is 17. The molecule has 0 saturated carbocycles. The fraction of sp³-hybridized carbons (Fsp3) is 0.451. The Labute approximate surface area is 762 Å². The second-order valence-corrected chi connectivity index (χ2v) is 34.8. The first-order chi connectivity index (χ1) is 62.0. The number of rotatable bonds is 23. The number of nitrogens with one attached hydrogen (secondary N) is 14. The van der Waals surface area contributed by atoms with E-state index in [0.717, 1.165) is 20.9 Å². The summed E-state index contributed by atoms with van der Waals surface area (Å²) in [6.07, 6.45) is -1.95. The fourth-order valence-corrected chi connectivity index (χ4v) is 15.2. The number of hydrogen-bond donors (Lipinski definition) is 19. The smallest absolute Gasteiger partial charge is 0.305 e. The van der Waals surface area contributed by atoms with Gasteiger partial charge < -0.3 is 111 Å². The molecule has 1 fully saturated rings. The van der Waals surface area contributed by atoms with Crippen LogP contribution in [-0.2, 0) is 112 Å². The van der Waals surface area contributed by atoms with Gasteiger partial charge in [0.05, 0.1) is 38.3 Å². The molecule has 0 bridgehead atoms. The van der Waals surface area contributed by atoms with Crippen LogP contribution in [0.3, 0.4) is 0 Å². The number of para-hydroxylation sites is 1. The number of benzene rings is 5. The summed E-state index contributed by atoms with van der Waals surface area (Å²) in [7, 11) is 2.47. The van der Waals surface area contributed by atoms with E-state index in [2.05, 4.69) is 74.1 Å². The Balaban J connectivity index is 1.30. The highest BCUT2D eigenvalue weighted by Gasteiger charge is 2.41. The van der Waals surface area contributed by atoms with Gasteiger partial charge in [0.2, 0.25) is 100 Å². The van der Waals surface area contributed by atoms with Crippen LogP contribution in [0.15, 0.2) is 140 Å². The number of carbonyl (C=O) groups is 18. The summed E-state index contributed by atoms with van der Waals surface area (Å²) < 4.78 is 0. The Kier molecular flexibility index (Phi) is 40.0. The van der Waals surface area contributed by atoms with Crippen molar-refractivity contribution in [1.82, 2.24) is 83.9 Å². The standard InChI is InChI=1S/C91H120N18O21S/c1-48(2)34-62-80(119)101-66(37-54-26-30-57(31-27-54)56-22-16-13-17-23-56)87(126)107-78(51(7)8)91(130)109(11)52(9)90(129)108(10)44-74(114)96-68(40-72(92)112)84(123)99-63(35-49(3)4)86(125)106-77(50(5)6)89(128)104-70(45-110)88(127)105-71(79(118)95-43-73(93)113)46-131-47-75(115)97-64(36-53-20-14-12-15-21-53)81(120)100-65(38-55-28-32-59(111)33-29-55)82(121)103-69(41-76(116)117)85(124)102-67(83(122)98-62)39-58-42-94-61-25-19-18-24-60(58)61/h12-33,42,48-52,62-71,77-78,94,110-111H,34-41,43-47H2,1-11H3,(H2,92,112)(H2,93,113)(H,95,118)(H,96,114)(H,97,115)(H,98,122)(H,99,123)(H,100,120)(H,101,119)(H,102,124)(H,103,121)(H,104,128)(H,105,127)(H,106,125)(H,107,126)(H,116,117)/t52-,62-,63-,64?,65-,66-,67-,68-,69-,70+,71-,77-,78-/m0/s1. The van der Waals surface area contributed by atoms with E-state index in [1.807, 2.05) is 30.3 Å². The molecular formula is C91H120N18O21S. The number of fused-ring (bicyclic) bond motifs is 1. The van der Waals surface area contributed by atoms with Crippen molar-refractivity contribution in [3.8, 4) is 16.9 Å². The summed E-state index contributed by atoms with van der Waals surface area (Å²) in [4.78, 5) is 262. The Hall–Kier alpha value is -13.8. The van der Waals surface area contributed by atoms with Crippen LogP contribution in [0.5, 0.6) is 5.75 Å². The zero-order valence-corrected chi connectivity index (χ0v) is 75.8. The topological polar surface area (TPSA) is 599 Å². The molecule has 0 spiro atoms. The van der Waals surface area contributed by atoms with Crippen LogP contribution in [0.1, 0.15) is 110 Å². The highest BCUT2D eigenvalue weighted by molar-refractivity contribution is 8.00. The molecule has 131 heavy (non-hydrogen) atoms. The number of aliphatic hydroxyl groups is 1. The molecule has 0 radical (unpaired) electrons. The van der Waals surface area contributed by atoms with Crippen LogP contribution < -0.4 is 80.6 Å². The summed E-state index contributed by atoms with van der Waals surface area (Å²) in [5.41, 5.74) is 14.9. The van der Waals surface area contributed by atoms with Gasteiger partial charge in [-0.2, -0.15) is 0 Å². The molecular weight excluding hydrogens is 1710 g/mol. The number of phenols is 1. The van der Waals surface area contributed by atoms with E-state index in [9.17, 15) is 72.9 Å². The minimum Gasteiger partial charge on any atom is -0.508 e. The maximum Gasteiger partial charge on any atom is 0.305 e. The zero-order chi connectivity index (χ0) is 96.6. The minimum absolute atomic E-state index is 0.119. The van der Waals surface area contributed by atoms with Crippen LogP contribution in [0.2, 0.25) is 0 Å². The number of nitrogens with zero attached hydrogens (tertiary/aromatic N) is 2. The number of nitrogens with two attached hydrogens (primary N) is 2. The molecule has 1 saturated heterocycles. The lowest BCUT2D eigenvalue weighted by Crippen LogP contribution is -2.61. The molecule has 1 aromatic heterocycles. The molecule has 39 nitrogen and oxygen atoms in total. The molecule has 1 aliphatic rings. The molecule has 13 atom stereocenters. The molecule has 0 aliphatic carbocycles. The normalized spacial score (nSPS) is 23.0. The number of amides is 17. The van der Waals surface area contributed by atoms with Crippen molar-refractivity contribution in [2.24, 2.45) is 35.1 Å². The lowest BCUT2D eigenvalue weighted by Gasteiger charge is -2.33. The van der Waals surface area contributed by atoms with Gasteiger partial charge in [-0.05, 0) is 95.0 Å². The van der Waals surface area contributed by atoms with E-state index in [4.69, 9.17) is 11.5 Å². The fourth-order valence-electron chi connectivity index (χ4n) is 14.3. The monoisotopic (exact) mass is 1830 g/mol. The van der Waals surface area contributed by atoms with Gasteiger partial charge in [0, 0.05) is 62.6 Å². The summed E-state index contributed by atoms with van der Waals surface area (Å²) in [5.74, 6) is -22.7. The molecule has 706 valence electrons. The van der Waals surface area contributed by atoms with E-state index >= 15 is 28.8 Å². The minimum atomic E-state index is -2.06. The van der Waals surface area contributed by atoms with E-state index in [0.29, 0.717) is 44.9 Å². The van der Waals surface area contributed by atoms with E-state index in [1.54, 1.807) is 127 Å². The number of aromatic hydroxyl groups is 1. The van der Waals surface area contributed by atoms with Gasteiger partial charge in [0.25, 0.3) is 0 Å². The SMILES string of the molecule is CC(C)C[C@@H]1NC(=O)[C@H](Cc2c[nH]c3ccccc23)NC(=O)[C@H](CC(=O)O)NC(=O)[C@H](Cc2ccc(O)cc2)NC(=O)C(Cc2ccccc2)NC(=O)CSC[C@@H](C(=O)NCC(N)=O)NC(=O)[C@@H](CO)NC(=O)[C@H](C(C)C)NC(=O)[C@H](CC(C)C)NC(=O)[C@H](CC(N)=O)NC(=O)CN(C)C(=O)[C@H](C)N(C)C(=O)[C@H](C(C)C)NC(=O)[C@H](Cc2ccc(-c3ccccc3)cc2)NC1=O. The Morgan fingerprint density at radius 3 is 1.39 bits per heavy atom. The first kappa shape index (κ1) is 104. The predicted molar refractivity (Wildman–Crippen MR) is 484 cm³/mol. The lowest BCUT2D eigenvalue weighted by atomic mass is 9.97. The number of aliphatic hydroxyl groups excluding tert-OH is 1. The van der Waals surface area contributed by atoms with Crippen molar-refractivity contribution in [3.63, 3.8) is 0 Å². The van der Waals surface area contributed by atoms with Crippen LogP contribution in [0.4, 0.5) is 0 Å². The Morgan fingerprint density at radius 1 is 0.450 bits per heavy atom. The molecule has 2 heterocycles. The molecule has 6 aromatic rings. The second kappa shape index (κ2) is 50.2. The first-order valence-corrected chi connectivity index (χ1v) is 44.0.